The van der Waals surface area contributed by atoms with E-state index in [1.54, 1.807) is 36.4 Å². The van der Waals surface area contributed by atoms with Crippen LogP contribution in [0.25, 0.3) is 0 Å². The standard InChI is InChI=1S/C17H11N3/c1-2-16(14-10-8-13(12-18)9-11-14)20-17(19)15-6-4-3-5-7-15/h1,3-11,19H/b19-17?,20-16+. The molecule has 20 heavy (non-hydrogen) atoms. The molecule has 0 unspecified atom stereocenters. The first-order valence-electron chi connectivity index (χ1n) is 5.94. The predicted molar refractivity (Wildman–Crippen MR) is 79.8 cm³/mol. The molecule has 0 aromatic heterocycles. The largest absolute Gasteiger partial charge is 0.282 e. The lowest BCUT2D eigenvalue weighted by Gasteiger charge is -2.02. The van der Waals surface area contributed by atoms with Gasteiger partial charge in [-0.2, -0.15) is 5.26 Å². The number of hydrogen-bond acceptors (Lipinski definition) is 2. The summed E-state index contributed by atoms with van der Waals surface area (Å²) < 4.78 is 0. The Morgan fingerprint density at radius 1 is 1.00 bits per heavy atom. The van der Waals surface area contributed by atoms with E-state index in [-0.39, 0.29) is 5.84 Å². The molecule has 0 fully saturated rings. The summed E-state index contributed by atoms with van der Waals surface area (Å²) in [4.78, 5) is 4.17. The molecule has 0 saturated carbocycles. The Hall–Kier alpha value is -3.17. The van der Waals surface area contributed by atoms with E-state index < -0.39 is 0 Å². The molecular formula is C17H11N3. The summed E-state index contributed by atoms with van der Waals surface area (Å²) in [7, 11) is 0. The SMILES string of the molecule is C#C/C(=N\C(=N)c1ccccc1)c1ccc(C#N)cc1. The number of nitrogens with one attached hydrogen (secondary N) is 1. The van der Waals surface area contributed by atoms with Crippen molar-refractivity contribution in [3.63, 3.8) is 0 Å². The van der Waals surface area contributed by atoms with Crippen molar-refractivity contribution in [1.29, 1.82) is 10.7 Å². The van der Waals surface area contributed by atoms with E-state index in [2.05, 4.69) is 10.9 Å². The number of nitrogens with zero attached hydrogens (tertiary/aromatic N) is 2. The number of terminal acetylenes is 1. The fourth-order valence-electron chi connectivity index (χ4n) is 1.66. The summed E-state index contributed by atoms with van der Waals surface area (Å²) in [6.07, 6.45) is 5.46. The van der Waals surface area contributed by atoms with Crippen LogP contribution in [-0.2, 0) is 0 Å². The van der Waals surface area contributed by atoms with Crippen LogP contribution in [0.5, 0.6) is 0 Å². The lowest BCUT2D eigenvalue weighted by Crippen LogP contribution is -2.03. The molecule has 0 radical (unpaired) electrons. The minimum atomic E-state index is 0.114. The average Bonchev–Trinajstić information content (AvgIpc) is 2.53. The van der Waals surface area contributed by atoms with Crippen molar-refractivity contribution in [2.75, 3.05) is 0 Å². The van der Waals surface area contributed by atoms with E-state index in [0.717, 1.165) is 0 Å². The zero-order valence-corrected chi connectivity index (χ0v) is 10.7. The van der Waals surface area contributed by atoms with Crippen molar-refractivity contribution in [2.45, 2.75) is 0 Å². The molecule has 2 aromatic rings. The van der Waals surface area contributed by atoms with E-state index in [9.17, 15) is 0 Å². The Balaban J connectivity index is 2.33. The number of nitriles is 1. The summed E-state index contributed by atoms with van der Waals surface area (Å²) in [5, 5.41) is 16.7. The second-order valence-corrected chi connectivity index (χ2v) is 4.01. The van der Waals surface area contributed by atoms with E-state index in [1.807, 2.05) is 24.3 Å². The first kappa shape index (κ1) is 13.3. The molecule has 0 amide bonds. The molecule has 2 rings (SSSR count). The molecule has 2 aromatic carbocycles. The Morgan fingerprint density at radius 3 is 2.20 bits per heavy atom. The van der Waals surface area contributed by atoms with Crippen molar-refractivity contribution < 1.29 is 0 Å². The van der Waals surface area contributed by atoms with Gasteiger partial charge in [-0.25, -0.2) is 4.99 Å². The van der Waals surface area contributed by atoms with Gasteiger partial charge in [0.2, 0.25) is 0 Å². The maximum Gasteiger partial charge on any atom is 0.153 e. The van der Waals surface area contributed by atoms with E-state index in [1.165, 1.54) is 0 Å². The molecule has 3 nitrogen and oxygen atoms in total. The summed E-state index contributed by atoms with van der Waals surface area (Å²) in [6.45, 7) is 0. The van der Waals surface area contributed by atoms with E-state index in [4.69, 9.17) is 17.1 Å². The van der Waals surface area contributed by atoms with Crippen molar-refractivity contribution >= 4 is 11.5 Å². The minimum Gasteiger partial charge on any atom is -0.282 e. The van der Waals surface area contributed by atoms with Gasteiger partial charge >= 0.3 is 0 Å². The summed E-state index contributed by atoms with van der Waals surface area (Å²) in [5.74, 6) is 2.60. The van der Waals surface area contributed by atoms with Crippen LogP contribution in [0.15, 0.2) is 59.6 Å². The van der Waals surface area contributed by atoms with Gasteiger partial charge in [0.05, 0.1) is 11.6 Å². The van der Waals surface area contributed by atoms with E-state index in [0.29, 0.717) is 22.4 Å². The predicted octanol–water partition coefficient (Wildman–Crippen LogP) is 3.01. The Kier molecular flexibility index (Phi) is 4.07. The molecule has 0 aliphatic rings. The fourth-order valence-corrected chi connectivity index (χ4v) is 1.66. The number of rotatable bonds is 2. The first-order chi connectivity index (χ1) is 9.74. The van der Waals surface area contributed by atoms with Gasteiger partial charge in [0.1, 0.15) is 5.71 Å². The van der Waals surface area contributed by atoms with Gasteiger partial charge in [-0.05, 0) is 18.1 Å². The van der Waals surface area contributed by atoms with Crippen molar-refractivity contribution in [2.24, 2.45) is 4.99 Å². The maximum absolute atomic E-state index is 8.76. The molecule has 0 saturated heterocycles. The highest BCUT2D eigenvalue weighted by atomic mass is 14.8. The van der Waals surface area contributed by atoms with Gasteiger partial charge in [0, 0.05) is 11.1 Å². The zero-order valence-electron chi connectivity index (χ0n) is 10.7. The highest BCUT2D eigenvalue weighted by molar-refractivity contribution is 6.19. The molecule has 0 atom stereocenters. The van der Waals surface area contributed by atoms with Gasteiger partial charge in [-0.15, -0.1) is 6.42 Å². The van der Waals surface area contributed by atoms with Crippen molar-refractivity contribution in [3.05, 3.63) is 71.3 Å². The third kappa shape index (κ3) is 2.98. The quantitative estimate of drug-likeness (QED) is 0.502. The molecular weight excluding hydrogens is 246 g/mol. The molecule has 0 heterocycles. The number of aliphatic imine (C=N–C) groups is 1. The molecule has 0 aliphatic carbocycles. The molecule has 0 bridgehead atoms. The van der Waals surface area contributed by atoms with Gasteiger partial charge in [-0.3, -0.25) is 5.41 Å². The lowest BCUT2D eigenvalue weighted by atomic mass is 10.1. The molecule has 94 valence electrons. The molecule has 3 heteroatoms. The smallest absolute Gasteiger partial charge is 0.153 e. The maximum atomic E-state index is 8.76. The summed E-state index contributed by atoms with van der Waals surface area (Å²) in [6, 6.07) is 18.0. The van der Waals surface area contributed by atoms with Crippen LogP contribution in [0.4, 0.5) is 0 Å². The van der Waals surface area contributed by atoms with Crippen LogP contribution in [0.1, 0.15) is 16.7 Å². The highest BCUT2D eigenvalue weighted by Crippen LogP contribution is 2.07. The Morgan fingerprint density at radius 2 is 1.65 bits per heavy atom. The minimum absolute atomic E-state index is 0.114. The second kappa shape index (κ2) is 6.13. The van der Waals surface area contributed by atoms with Crippen LogP contribution in [0.3, 0.4) is 0 Å². The third-order valence-electron chi connectivity index (χ3n) is 2.69. The van der Waals surface area contributed by atoms with Gasteiger partial charge in [0.25, 0.3) is 0 Å². The zero-order chi connectivity index (χ0) is 14.4. The van der Waals surface area contributed by atoms with Crippen LogP contribution in [-0.4, -0.2) is 11.5 Å². The van der Waals surface area contributed by atoms with Crippen LogP contribution < -0.4 is 0 Å². The normalized spacial score (nSPS) is 10.4. The number of amidine groups is 1. The first-order valence-corrected chi connectivity index (χ1v) is 5.94. The van der Waals surface area contributed by atoms with Crippen LogP contribution in [0, 0.1) is 29.1 Å². The molecule has 0 aliphatic heterocycles. The van der Waals surface area contributed by atoms with Gasteiger partial charge < -0.3 is 0 Å². The summed E-state index contributed by atoms with van der Waals surface area (Å²) in [5.41, 5.74) is 2.35. The third-order valence-corrected chi connectivity index (χ3v) is 2.69. The monoisotopic (exact) mass is 257 g/mol. The lowest BCUT2D eigenvalue weighted by molar-refractivity contribution is 1.41. The van der Waals surface area contributed by atoms with Crippen molar-refractivity contribution in [3.8, 4) is 18.4 Å². The Bertz CT molecular complexity index is 727. The number of hydrogen-bond donors (Lipinski definition) is 1. The topological polar surface area (TPSA) is 60.0 Å². The van der Waals surface area contributed by atoms with Crippen LogP contribution >= 0.6 is 0 Å². The highest BCUT2D eigenvalue weighted by Gasteiger charge is 2.04. The van der Waals surface area contributed by atoms with Gasteiger partial charge in [-0.1, -0.05) is 42.5 Å². The van der Waals surface area contributed by atoms with E-state index >= 15 is 0 Å². The van der Waals surface area contributed by atoms with Crippen molar-refractivity contribution in [1.82, 2.24) is 0 Å². The van der Waals surface area contributed by atoms with Crippen LogP contribution in [0.2, 0.25) is 0 Å². The van der Waals surface area contributed by atoms with Gasteiger partial charge in [0.15, 0.2) is 5.84 Å². The molecule has 1 N–H and O–H groups in total. The Labute approximate surface area is 117 Å². The fraction of sp³-hybridized carbons (Fsp3) is 0. The molecule has 0 spiro atoms. The average molecular weight is 257 g/mol. The number of benzene rings is 2. The second-order valence-electron chi connectivity index (χ2n) is 4.01. The summed E-state index contributed by atoms with van der Waals surface area (Å²) >= 11 is 0.